The number of nitrogens with one attached hydrogen (secondary N) is 1. The quantitative estimate of drug-likeness (QED) is 0.719. The van der Waals surface area contributed by atoms with Gasteiger partial charge in [0.25, 0.3) is 5.91 Å². The molecular formula is C21H23N3O2. The van der Waals surface area contributed by atoms with Gasteiger partial charge >= 0.3 is 0 Å². The van der Waals surface area contributed by atoms with Gasteiger partial charge in [-0.1, -0.05) is 55.5 Å². The normalized spacial score (nSPS) is 14.4. The molecule has 0 saturated carbocycles. The first kappa shape index (κ1) is 17.9. The number of aromatic nitrogens is 2. The minimum atomic E-state index is -1.52. The van der Waals surface area contributed by atoms with Gasteiger partial charge < -0.3 is 15.0 Å². The van der Waals surface area contributed by atoms with Crippen LogP contribution >= 0.6 is 0 Å². The first-order valence-corrected chi connectivity index (χ1v) is 8.63. The molecule has 2 atom stereocenters. The molecule has 0 saturated heterocycles. The van der Waals surface area contributed by atoms with E-state index < -0.39 is 11.5 Å². The predicted octanol–water partition coefficient (Wildman–Crippen LogP) is 3.04. The zero-order valence-electron chi connectivity index (χ0n) is 15.0. The Morgan fingerprint density at radius 3 is 2.42 bits per heavy atom. The number of rotatable bonds is 6. The van der Waals surface area contributed by atoms with Crippen molar-refractivity contribution in [1.29, 1.82) is 0 Å². The maximum absolute atomic E-state index is 12.6. The van der Waals surface area contributed by atoms with Crippen LogP contribution in [-0.4, -0.2) is 26.2 Å². The van der Waals surface area contributed by atoms with Crippen LogP contribution in [0.2, 0.25) is 0 Å². The summed E-state index contributed by atoms with van der Waals surface area (Å²) in [6.07, 6.45) is 3.54. The standard InChI is InChI=1S/C21H23N3O2/c1-16(17-9-5-3-6-10-17)21(2,26)20(25)23-15-19-22-13-14-24(19)18-11-7-4-8-12-18/h3-14,16,26H,15H2,1-2H3,(H,23,25). The molecule has 2 N–H and O–H groups in total. The highest BCUT2D eigenvalue weighted by atomic mass is 16.3. The number of amides is 1. The topological polar surface area (TPSA) is 67.2 Å². The SMILES string of the molecule is CC(c1ccccc1)C(C)(O)C(=O)NCc1nccn1-c1ccccc1. The first-order valence-electron chi connectivity index (χ1n) is 8.63. The number of hydrogen-bond acceptors (Lipinski definition) is 3. The molecule has 1 aromatic heterocycles. The monoisotopic (exact) mass is 349 g/mol. The number of carbonyl (C=O) groups excluding carboxylic acids is 1. The number of nitrogens with zero attached hydrogens (tertiary/aromatic N) is 2. The summed E-state index contributed by atoms with van der Waals surface area (Å²) in [5, 5.41) is 13.6. The second-order valence-electron chi connectivity index (χ2n) is 6.51. The maximum Gasteiger partial charge on any atom is 0.252 e. The zero-order valence-corrected chi connectivity index (χ0v) is 15.0. The summed E-state index contributed by atoms with van der Waals surface area (Å²) in [5.41, 5.74) is 0.364. The van der Waals surface area contributed by atoms with E-state index in [4.69, 9.17) is 0 Å². The lowest BCUT2D eigenvalue weighted by atomic mass is 9.84. The number of aliphatic hydroxyl groups is 1. The summed E-state index contributed by atoms with van der Waals surface area (Å²) >= 11 is 0. The number of hydrogen-bond donors (Lipinski definition) is 2. The van der Waals surface area contributed by atoms with Crippen LogP contribution in [-0.2, 0) is 11.3 Å². The minimum Gasteiger partial charge on any atom is -0.380 e. The van der Waals surface area contributed by atoms with Gasteiger partial charge in [0.2, 0.25) is 0 Å². The molecular weight excluding hydrogens is 326 g/mol. The Morgan fingerprint density at radius 1 is 1.15 bits per heavy atom. The fourth-order valence-corrected chi connectivity index (χ4v) is 2.89. The van der Waals surface area contributed by atoms with Crippen LogP contribution in [0.1, 0.15) is 31.2 Å². The van der Waals surface area contributed by atoms with Crippen LogP contribution in [0.15, 0.2) is 73.1 Å². The lowest BCUT2D eigenvalue weighted by molar-refractivity contribution is -0.140. The summed E-state index contributed by atoms with van der Waals surface area (Å²) in [5.74, 6) is -0.0539. The van der Waals surface area contributed by atoms with E-state index in [1.165, 1.54) is 0 Å². The smallest absolute Gasteiger partial charge is 0.252 e. The molecule has 0 aliphatic rings. The fourth-order valence-electron chi connectivity index (χ4n) is 2.89. The Balaban J connectivity index is 1.70. The van der Waals surface area contributed by atoms with Gasteiger partial charge in [-0.3, -0.25) is 4.79 Å². The number of benzene rings is 2. The van der Waals surface area contributed by atoms with Crippen molar-refractivity contribution in [1.82, 2.24) is 14.9 Å². The molecule has 0 aliphatic heterocycles. The summed E-state index contributed by atoms with van der Waals surface area (Å²) in [6, 6.07) is 19.3. The highest BCUT2D eigenvalue weighted by Gasteiger charge is 2.37. The van der Waals surface area contributed by atoms with Crippen LogP contribution in [0.25, 0.3) is 5.69 Å². The van der Waals surface area contributed by atoms with Gasteiger partial charge in [-0.25, -0.2) is 4.98 Å². The van der Waals surface area contributed by atoms with Gasteiger partial charge in [-0.2, -0.15) is 0 Å². The summed E-state index contributed by atoms with van der Waals surface area (Å²) in [4.78, 5) is 16.9. The molecule has 2 unspecified atom stereocenters. The molecule has 3 aromatic rings. The molecule has 2 aromatic carbocycles. The van der Waals surface area contributed by atoms with Gasteiger partial charge in [0.15, 0.2) is 0 Å². The first-order chi connectivity index (χ1) is 12.5. The molecule has 0 aliphatic carbocycles. The lowest BCUT2D eigenvalue weighted by Crippen LogP contribution is -2.48. The third-order valence-corrected chi connectivity index (χ3v) is 4.76. The lowest BCUT2D eigenvalue weighted by Gasteiger charge is -2.29. The molecule has 5 heteroatoms. The van der Waals surface area contributed by atoms with E-state index in [0.717, 1.165) is 11.3 Å². The second kappa shape index (κ2) is 7.54. The largest absolute Gasteiger partial charge is 0.380 e. The summed E-state index contributed by atoms with van der Waals surface area (Å²) in [7, 11) is 0. The van der Waals surface area contributed by atoms with Gasteiger partial charge in [0, 0.05) is 24.0 Å². The average molecular weight is 349 g/mol. The molecule has 0 bridgehead atoms. The average Bonchev–Trinajstić information content (AvgIpc) is 3.15. The molecule has 0 spiro atoms. The molecule has 3 rings (SSSR count). The number of para-hydroxylation sites is 1. The molecule has 1 heterocycles. The van der Waals surface area contributed by atoms with Crippen molar-refractivity contribution in [3.8, 4) is 5.69 Å². The minimum absolute atomic E-state index is 0.235. The highest BCUT2D eigenvalue weighted by molar-refractivity contribution is 5.85. The van der Waals surface area contributed by atoms with Crippen molar-refractivity contribution in [3.05, 3.63) is 84.4 Å². The van der Waals surface area contributed by atoms with Gasteiger partial charge in [-0.05, 0) is 24.6 Å². The van der Waals surface area contributed by atoms with E-state index in [9.17, 15) is 9.90 Å². The van der Waals surface area contributed by atoms with E-state index in [0.29, 0.717) is 5.82 Å². The van der Waals surface area contributed by atoms with Crippen LogP contribution in [0.3, 0.4) is 0 Å². The Kier molecular flexibility index (Phi) is 5.19. The number of carbonyl (C=O) groups is 1. The Labute approximate surface area is 153 Å². The Morgan fingerprint density at radius 2 is 1.77 bits per heavy atom. The molecule has 26 heavy (non-hydrogen) atoms. The van der Waals surface area contributed by atoms with E-state index in [2.05, 4.69) is 10.3 Å². The van der Waals surface area contributed by atoms with Crippen molar-refractivity contribution in [3.63, 3.8) is 0 Å². The van der Waals surface area contributed by atoms with Crippen LogP contribution in [0.4, 0.5) is 0 Å². The van der Waals surface area contributed by atoms with Crippen LogP contribution in [0, 0.1) is 0 Å². The van der Waals surface area contributed by atoms with E-state index in [-0.39, 0.29) is 12.5 Å². The van der Waals surface area contributed by atoms with Crippen molar-refractivity contribution in [2.45, 2.75) is 31.9 Å². The second-order valence-corrected chi connectivity index (χ2v) is 6.51. The molecule has 0 radical (unpaired) electrons. The third kappa shape index (κ3) is 3.68. The van der Waals surface area contributed by atoms with Crippen LogP contribution < -0.4 is 5.32 Å². The Bertz CT molecular complexity index is 857. The van der Waals surface area contributed by atoms with Gasteiger partial charge in [-0.15, -0.1) is 0 Å². The van der Waals surface area contributed by atoms with Gasteiger partial charge in [0.05, 0.1) is 6.54 Å². The maximum atomic E-state index is 12.6. The van der Waals surface area contributed by atoms with Crippen LogP contribution in [0.5, 0.6) is 0 Å². The highest BCUT2D eigenvalue weighted by Crippen LogP contribution is 2.28. The zero-order chi connectivity index (χ0) is 18.6. The van der Waals surface area contributed by atoms with E-state index >= 15 is 0 Å². The molecule has 134 valence electrons. The third-order valence-electron chi connectivity index (χ3n) is 4.76. The fraction of sp³-hybridized carbons (Fsp3) is 0.238. The van der Waals surface area contributed by atoms with Crippen molar-refractivity contribution >= 4 is 5.91 Å². The molecule has 0 fully saturated rings. The predicted molar refractivity (Wildman–Crippen MR) is 101 cm³/mol. The van der Waals surface area contributed by atoms with E-state index in [1.807, 2.05) is 78.4 Å². The van der Waals surface area contributed by atoms with Crippen molar-refractivity contribution < 1.29 is 9.90 Å². The van der Waals surface area contributed by atoms with E-state index in [1.54, 1.807) is 13.1 Å². The number of imidazole rings is 1. The Hall–Kier alpha value is -2.92. The van der Waals surface area contributed by atoms with Crippen molar-refractivity contribution in [2.24, 2.45) is 0 Å². The summed E-state index contributed by atoms with van der Waals surface area (Å²) < 4.78 is 1.91. The van der Waals surface area contributed by atoms with Gasteiger partial charge in [0.1, 0.15) is 11.4 Å². The molecule has 1 amide bonds. The summed E-state index contributed by atoms with van der Waals surface area (Å²) in [6.45, 7) is 3.63. The van der Waals surface area contributed by atoms with Crippen molar-refractivity contribution in [2.75, 3.05) is 0 Å². The molecule has 5 nitrogen and oxygen atoms in total.